The molecule has 0 saturated carbocycles. The van der Waals surface area contributed by atoms with Crippen molar-refractivity contribution in [2.45, 2.75) is 37.4 Å². The van der Waals surface area contributed by atoms with Crippen LogP contribution in [0.1, 0.15) is 35.6 Å². The topological polar surface area (TPSA) is 28.4 Å². The zero-order valence-corrected chi connectivity index (χ0v) is 16.2. The van der Waals surface area contributed by atoms with Crippen molar-refractivity contribution in [1.29, 1.82) is 0 Å². The molecule has 3 atom stereocenters. The van der Waals surface area contributed by atoms with Crippen molar-refractivity contribution < 1.29 is 4.42 Å². The molecule has 1 aromatic heterocycles. The Kier molecular flexibility index (Phi) is 5.03. The van der Waals surface area contributed by atoms with E-state index < -0.39 is 0 Å². The van der Waals surface area contributed by atoms with Gasteiger partial charge in [-0.15, -0.1) is 0 Å². The predicted octanol–water partition coefficient (Wildman–Crippen LogP) is 4.66. The van der Waals surface area contributed by atoms with Crippen LogP contribution in [0.15, 0.2) is 83.5 Å². The average molecular weight is 373 g/mol. The number of piperidine rings is 3. The molecule has 6 rings (SSSR count). The molecule has 1 N–H and O–H groups in total. The molecule has 3 saturated heterocycles. The zero-order valence-electron chi connectivity index (χ0n) is 16.2. The second kappa shape index (κ2) is 7.94. The molecule has 3 aromatic rings. The molecule has 0 radical (unpaired) electrons. The molecule has 0 spiro atoms. The van der Waals surface area contributed by atoms with Crippen LogP contribution in [-0.2, 0) is 6.54 Å². The van der Waals surface area contributed by atoms with Crippen LogP contribution in [0.4, 0.5) is 0 Å². The minimum atomic E-state index is 0.257. The zero-order chi connectivity index (χ0) is 18.8. The SMILES string of the molecule is c1ccc(CN[C@@H]2C3CCN(CC3)[C@@H]2[C@@H](c2ccccc2)c2ccco2)cc1. The van der Waals surface area contributed by atoms with E-state index in [-0.39, 0.29) is 5.92 Å². The molecule has 3 heteroatoms. The van der Waals surface area contributed by atoms with Crippen LogP contribution < -0.4 is 5.32 Å². The van der Waals surface area contributed by atoms with Gasteiger partial charge in [0.1, 0.15) is 5.76 Å². The number of hydrogen-bond donors (Lipinski definition) is 1. The van der Waals surface area contributed by atoms with Gasteiger partial charge in [-0.1, -0.05) is 60.7 Å². The van der Waals surface area contributed by atoms with Crippen molar-refractivity contribution >= 4 is 0 Å². The fourth-order valence-corrected chi connectivity index (χ4v) is 5.28. The van der Waals surface area contributed by atoms with Crippen molar-refractivity contribution in [3.63, 3.8) is 0 Å². The maximum atomic E-state index is 5.97. The highest BCUT2D eigenvalue weighted by atomic mass is 16.3. The van der Waals surface area contributed by atoms with Gasteiger partial charge in [0.2, 0.25) is 0 Å². The molecule has 2 aromatic carbocycles. The van der Waals surface area contributed by atoms with Crippen molar-refractivity contribution in [1.82, 2.24) is 10.2 Å². The molecule has 3 aliphatic heterocycles. The number of fused-ring (bicyclic) bond motifs is 3. The Bertz CT molecular complexity index is 854. The van der Waals surface area contributed by atoms with Crippen LogP contribution in [0.2, 0.25) is 0 Å². The van der Waals surface area contributed by atoms with E-state index in [0.29, 0.717) is 12.1 Å². The van der Waals surface area contributed by atoms with Crippen LogP contribution in [0, 0.1) is 5.92 Å². The first kappa shape index (κ1) is 17.7. The lowest BCUT2D eigenvalue weighted by Crippen LogP contribution is -2.64. The van der Waals surface area contributed by atoms with E-state index in [9.17, 15) is 0 Å². The Morgan fingerprint density at radius 3 is 2.29 bits per heavy atom. The molecular weight excluding hydrogens is 344 g/mol. The molecule has 0 aliphatic carbocycles. The van der Waals surface area contributed by atoms with Crippen LogP contribution in [-0.4, -0.2) is 30.1 Å². The number of furan rings is 1. The lowest BCUT2D eigenvalue weighted by atomic mass is 9.71. The Morgan fingerprint density at radius 1 is 0.893 bits per heavy atom. The number of hydrogen-bond acceptors (Lipinski definition) is 3. The van der Waals surface area contributed by atoms with E-state index in [1.807, 2.05) is 12.3 Å². The van der Waals surface area contributed by atoms with Crippen molar-refractivity contribution in [3.8, 4) is 0 Å². The maximum Gasteiger partial charge on any atom is 0.112 e. The maximum absolute atomic E-state index is 5.97. The van der Waals surface area contributed by atoms with E-state index >= 15 is 0 Å². The van der Waals surface area contributed by atoms with Crippen LogP contribution in [0.5, 0.6) is 0 Å². The van der Waals surface area contributed by atoms with Gasteiger partial charge >= 0.3 is 0 Å². The summed E-state index contributed by atoms with van der Waals surface area (Å²) < 4.78 is 5.97. The fourth-order valence-electron chi connectivity index (χ4n) is 5.28. The summed E-state index contributed by atoms with van der Waals surface area (Å²) in [6.07, 6.45) is 4.40. The summed E-state index contributed by atoms with van der Waals surface area (Å²) in [5.74, 6) is 2.07. The minimum absolute atomic E-state index is 0.257. The molecule has 3 aliphatic rings. The highest BCUT2D eigenvalue weighted by Gasteiger charge is 2.46. The second-order valence-corrected chi connectivity index (χ2v) is 8.16. The molecule has 3 fully saturated rings. The van der Waals surface area contributed by atoms with Crippen LogP contribution >= 0.6 is 0 Å². The molecule has 3 nitrogen and oxygen atoms in total. The van der Waals surface area contributed by atoms with Gasteiger partial charge < -0.3 is 9.73 Å². The van der Waals surface area contributed by atoms with Crippen LogP contribution in [0.3, 0.4) is 0 Å². The first-order valence-electron chi connectivity index (χ1n) is 10.5. The van der Waals surface area contributed by atoms with Gasteiger partial charge in [-0.2, -0.15) is 0 Å². The molecule has 0 unspecified atom stereocenters. The van der Waals surface area contributed by atoms with Gasteiger partial charge in [0.25, 0.3) is 0 Å². The number of rotatable bonds is 6. The lowest BCUT2D eigenvalue weighted by molar-refractivity contribution is 0.00195. The number of benzene rings is 2. The van der Waals surface area contributed by atoms with Gasteiger partial charge in [0, 0.05) is 18.6 Å². The third kappa shape index (κ3) is 3.41. The smallest absolute Gasteiger partial charge is 0.112 e. The average Bonchev–Trinajstić information content (AvgIpc) is 3.30. The van der Waals surface area contributed by atoms with E-state index in [2.05, 4.69) is 76.9 Å². The largest absolute Gasteiger partial charge is 0.469 e. The summed E-state index contributed by atoms with van der Waals surface area (Å²) in [6, 6.07) is 26.7. The second-order valence-electron chi connectivity index (χ2n) is 8.16. The van der Waals surface area contributed by atoms with Gasteiger partial charge in [0.15, 0.2) is 0 Å². The summed E-state index contributed by atoms with van der Waals surface area (Å²) in [4.78, 5) is 2.70. The van der Waals surface area contributed by atoms with Crippen molar-refractivity contribution in [2.24, 2.45) is 5.92 Å². The first-order valence-corrected chi connectivity index (χ1v) is 10.5. The minimum Gasteiger partial charge on any atom is -0.469 e. The predicted molar refractivity (Wildman–Crippen MR) is 112 cm³/mol. The molecule has 0 amide bonds. The molecular formula is C25H28N2O. The monoisotopic (exact) mass is 372 g/mol. The molecule has 144 valence electrons. The number of nitrogens with one attached hydrogen (secondary N) is 1. The third-order valence-electron chi connectivity index (χ3n) is 6.61. The highest BCUT2D eigenvalue weighted by Crippen LogP contribution is 2.42. The first-order chi connectivity index (χ1) is 13.9. The van der Waals surface area contributed by atoms with E-state index in [0.717, 1.165) is 18.2 Å². The highest BCUT2D eigenvalue weighted by molar-refractivity contribution is 5.31. The molecule has 2 bridgehead atoms. The van der Waals surface area contributed by atoms with Gasteiger partial charge in [-0.05, 0) is 55.1 Å². The number of nitrogens with zero attached hydrogens (tertiary/aromatic N) is 1. The normalized spacial score (nSPS) is 27.6. The Morgan fingerprint density at radius 2 is 1.61 bits per heavy atom. The molecule has 4 heterocycles. The van der Waals surface area contributed by atoms with Crippen molar-refractivity contribution in [2.75, 3.05) is 13.1 Å². The summed E-state index contributed by atoms with van der Waals surface area (Å²) in [5.41, 5.74) is 2.70. The van der Waals surface area contributed by atoms with Gasteiger partial charge in [-0.3, -0.25) is 4.90 Å². The van der Waals surface area contributed by atoms with Gasteiger partial charge in [0.05, 0.1) is 12.2 Å². The quantitative estimate of drug-likeness (QED) is 0.682. The fraction of sp³-hybridized carbons (Fsp3) is 0.360. The van der Waals surface area contributed by atoms with Crippen molar-refractivity contribution in [3.05, 3.63) is 95.9 Å². The van der Waals surface area contributed by atoms with E-state index in [1.54, 1.807) is 0 Å². The van der Waals surface area contributed by atoms with Crippen LogP contribution in [0.25, 0.3) is 0 Å². The van der Waals surface area contributed by atoms with E-state index in [4.69, 9.17) is 4.42 Å². The Labute approximate surface area is 167 Å². The summed E-state index contributed by atoms with van der Waals surface area (Å²) in [5, 5.41) is 3.95. The molecule has 28 heavy (non-hydrogen) atoms. The Hall–Kier alpha value is -2.36. The third-order valence-corrected chi connectivity index (χ3v) is 6.61. The van der Waals surface area contributed by atoms with E-state index in [1.165, 1.54) is 37.1 Å². The lowest BCUT2D eigenvalue weighted by Gasteiger charge is -2.53. The summed E-state index contributed by atoms with van der Waals surface area (Å²) in [7, 11) is 0. The van der Waals surface area contributed by atoms with Gasteiger partial charge in [-0.25, -0.2) is 0 Å². The standard InChI is InChI=1S/C25H28N2O/c1-3-8-19(9-4-1)18-26-24-21-13-15-27(16-14-21)25(24)23(22-12-7-17-28-22)20-10-5-2-6-11-20/h1-12,17,21,23-26H,13-16,18H2/t23-,24+,25+/m0/s1. The Balaban J connectivity index is 1.48. The summed E-state index contributed by atoms with van der Waals surface area (Å²) >= 11 is 0. The summed E-state index contributed by atoms with van der Waals surface area (Å²) in [6.45, 7) is 3.32.